The summed E-state index contributed by atoms with van der Waals surface area (Å²) in [5.41, 5.74) is 1.02. The summed E-state index contributed by atoms with van der Waals surface area (Å²) in [7, 11) is 0. The fourth-order valence-electron chi connectivity index (χ4n) is 4.20. The zero-order chi connectivity index (χ0) is 18.8. The van der Waals surface area contributed by atoms with Gasteiger partial charge >= 0.3 is 0 Å². The number of rotatable bonds is 3. The Morgan fingerprint density at radius 2 is 1.96 bits per heavy atom. The lowest BCUT2D eigenvalue weighted by Gasteiger charge is -2.31. The molecule has 6 nitrogen and oxygen atoms in total. The predicted molar refractivity (Wildman–Crippen MR) is 99.6 cm³/mol. The molecule has 2 aliphatic heterocycles. The monoisotopic (exact) mass is 371 g/mol. The van der Waals surface area contributed by atoms with Gasteiger partial charge in [-0.25, -0.2) is 4.39 Å². The summed E-state index contributed by atoms with van der Waals surface area (Å²) < 4.78 is 15.6. The molecule has 27 heavy (non-hydrogen) atoms. The predicted octanol–water partition coefficient (Wildman–Crippen LogP) is 2.20. The second-order valence-corrected chi connectivity index (χ2v) is 7.56. The number of amides is 1. The average molecular weight is 371 g/mol. The van der Waals surface area contributed by atoms with E-state index in [2.05, 4.69) is 19.7 Å². The van der Waals surface area contributed by atoms with Crippen molar-refractivity contribution in [2.75, 3.05) is 26.2 Å². The number of halogens is 1. The van der Waals surface area contributed by atoms with Gasteiger partial charge in [-0.3, -0.25) is 9.69 Å². The SMILES string of the molecule is CC(=O)N1CCc2nnc(C3CCN(Cc4cccc(F)c4)CC3)n2CC1. The van der Waals surface area contributed by atoms with Crippen LogP contribution in [0.15, 0.2) is 24.3 Å². The number of piperidine rings is 1. The molecule has 1 aromatic carbocycles. The molecule has 0 saturated carbocycles. The van der Waals surface area contributed by atoms with E-state index >= 15 is 0 Å². The van der Waals surface area contributed by atoms with E-state index in [9.17, 15) is 9.18 Å². The first-order valence-corrected chi connectivity index (χ1v) is 9.74. The molecular formula is C20H26FN5O. The van der Waals surface area contributed by atoms with Crippen LogP contribution < -0.4 is 0 Å². The quantitative estimate of drug-likeness (QED) is 0.830. The van der Waals surface area contributed by atoms with Gasteiger partial charge in [-0.2, -0.15) is 0 Å². The minimum atomic E-state index is -0.173. The molecule has 0 unspecified atom stereocenters. The molecule has 1 aromatic heterocycles. The molecule has 0 N–H and O–H groups in total. The first-order valence-electron chi connectivity index (χ1n) is 9.74. The Hall–Kier alpha value is -2.28. The minimum Gasteiger partial charge on any atom is -0.341 e. The Balaban J connectivity index is 1.38. The number of aromatic nitrogens is 3. The van der Waals surface area contributed by atoms with Crippen LogP contribution in [-0.2, 0) is 24.3 Å². The maximum Gasteiger partial charge on any atom is 0.219 e. The summed E-state index contributed by atoms with van der Waals surface area (Å²) >= 11 is 0. The highest BCUT2D eigenvalue weighted by Crippen LogP contribution is 2.28. The van der Waals surface area contributed by atoms with E-state index < -0.39 is 0 Å². The number of carbonyl (C=O) groups excluding carboxylic acids is 1. The van der Waals surface area contributed by atoms with E-state index in [-0.39, 0.29) is 11.7 Å². The van der Waals surface area contributed by atoms with Crippen LogP contribution in [0.2, 0.25) is 0 Å². The molecule has 144 valence electrons. The van der Waals surface area contributed by atoms with E-state index in [0.29, 0.717) is 5.92 Å². The number of benzene rings is 1. The van der Waals surface area contributed by atoms with Crippen molar-refractivity contribution < 1.29 is 9.18 Å². The fraction of sp³-hybridized carbons (Fsp3) is 0.550. The summed E-state index contributed by atoms with van der Waals surface area (Å²) in [5, 5.41) is 8.90. The molecule has 1 amide bonds. The average Bonchev–Trinajstić information content (AvgIpc) is 2.93. The van der Waals surface area contributed by atoms with Crippen LogP contribution in [0.3, 0.4) is 0 Å². The van der Waals surface area contributed by atoms with Crippen molar-refractivity contribution in [1.82, 2.24) is 24.6 Å². The van der Waals surface area contributed by atoms with Crippen molar-refractivity contribution in [2.24, 2.45) is 0 Å². The third kappa shape index (κ3) is 4.03. The van der Waals surface area contributed by atoms with Crippen LogP contribution in [0.4, 0.5) is 4.39 Å². The standard InChI is InChI=1S/C20H26FN5O/c1-15(27)25-10-7-19-22-23-20(26(19)12-11-25)17-5-8-24(9-6-17)14-16-3-2-4-18(21)13-16/h2-4,13,17H,5-12,14H2,1H3. The van der Waals surface area contributed by atoms with Gasteiger partial charge in [0.1, 0.15) is 17.5 Å². The lowest BCUT2D eigenvalue weighted by molar-refractivity contribution is -0.128. The van der Waals surface area contributed by atoms with Gasteiger partial charge in [0.25, 0.3) is 0 Å². The van der Waals surface area contributed by atoms with Crippen LogP contribution in [0.5, 0.6) is 0 Å². The van der Waals surface area contributed by atoms with Gasteiger partial charge in [0.15, 0.2) is 0 Å². The number of carbonyl (C=O) groups is 1. The minimum absolute atomic E-state index is 0.126. The second-order valence-electron chi connectivity index (χ2n) is 7.56. The topological polar surface area (TPSA) is 54.3 Å². The van der Waals surface area contributed by atoms with Gasteiger partial charge < -0.3 is 9.47 Å². The highest BCUT2D eigenvalue weighted by Gasteiger charge is 2.27. The number of likely N-dealkylation sites (tertiary alicyclic amines) is 1. The van der Waals surface area contributed by atoms with Gasteiger partial charge in [0.2, 0.25) is 5.91 Å². The van der Waals surface area contributed by atoms with E-state index in [4.69, 9.17) is 0 Å². The summed E-state index contributed by atoms with van der Waals surface area (Å²) in [6, 6.07) is 6.85. The number of hydrogen-bond donors (Lipinski definition) is 0. The van der Waals surface area contributed by atoms with Crippen LogP contribution >= 0.6 is 0 Å². The third-order valence-electron chi connectivity index (χ3n) is 5.75. The highest BCUT2D eigenvalue weighted by atomic mass is 19.1. The molecule has 4 rings (SSSR count). The van der Waals surface area contributed by atoms with Crippen LogP contribution in [-0.4, -0.2) is 56.7 Å². The molecule has 0 spiro atoms. The van der Waals surface area contributed by atoms with Crippen molar-refractivity contribution >= 4 is 5.91 Å². The molecule has 2 aromatic rings. The Labute approximate surface area is 159 Å². The smallest absolute Gasteiger partial charge is 0.219 e. The summed E-state index contributed by atoms with van der Waals surface area (Å²) in [6.07, 6.45) is 2.83. The molecule has 2 aliphatic rings. The highest BCUT2D eigenvalue weighted by molar-refractivity contribution is 5.73. The van der Waals surface area contributed by atoms with Crippen LogP contribution in [0, 0.1) is 5.82 Å². The molecule has 1 fully saturated rings. The van der Waals surface area contributed by atoms with Crippen molar-refractivity contribution in [2.45, 2.75) is 45.2 Å². The summed E-state index contributed by atoms with van der Waals surface area (Å²) in [5.74, 6) is 2.42. The molecule has 0 atom stereocenters. The van der Waals surface area contributed by atoms with Crippen LogP contribution in [0.1, 0.15) is 42.9 Å². The molecule has 7 heteroatoms. The van der Waals surface area contributed by atoms with E-state index in [1.165, 1.54) is 6.07 Å². The lowest BCUT2D eigenvalue weighted by Crippen LogP contribution is -2.34. The zero-order valence-electron chi connectivity index (χ0n) is 15.8. The van der Waals surface area contributed by atoms with E-state index in [1.54, 1.807) is 19.1 Å². The Morgan fingerprint density at radius 1 is 1.15 bits per heavy atom. The van der Waals surface area contributed by atoms with Gasteiger partial charge in [-0.1, -0.05) is 12.1 Å². The second kappa shape index (κ2) is 7.76. The van der Waals surface area contributed by atoms with Gasteiger partial charge in [0, 0.05) is 45.4 Å². The Kier molecular flexibility index (Phi) is 5.20. The summed E-state index contributed by atoms with van der Waals surface area (Å²) in [4.78, 5) is 15.9. The van der Waals surface area contributed by atoms with E-state index in [1.807, 2.05) is 11.0 Å². The normalized spacial score (nSPS) is 19.0. The van der Waals surface area contributed by atoms with Crippen molar-refractivity contribution in [1.29, 1.82) is 0 Å². The van der Waals surface area contributed by atoms with Gasteiger partial charge in [-0.15, -0.1) is 10.2 Å². The zero-order valence-corrected chi connectivity index (χ0v) is 15.8. The number of nitrogens with zero attached hydrogens (tertiary/aromatic N) is 5. The first kappa shape index (κ1) is 18.1. The van der Waals surface area contributed by atoms with Crippen molar-refractivity contribution in [3.63, 3.8) is 0 Å². The number of hydrogen-bond acceptors (Lipinski definition) is 4. The summed E-state index contributed by atoms with van der Waals surface area (Å²) in [6.45, 7) is 6.59. The molecule has 0 bridgehead atoms. The molecule has 0 radical (unpaired) electrons. The maximum absolute atomic E-state index is 13.4. The molecule has 0 aliphatic carbocycles. The Morgan fingerprint density at radius 3 is 2.70 bits per heavy atom. The lowest BCUT2D eigenvalue weighted by atomic mass is 9.95. The third-order valence-corrected chi connectivity index (χ3v) is 5.75. The van der Waals surface area contributed by atoms with E-state index in [0.717, 1.165) is 75.7 Å². The largest absolute Gasteiger partial charge is 0.341 e. The van der Waals surface area contributed by atoms with Gasteiger partial charge in [-0.05, 0) is 43.6 Å². The fourth-order valence-corrected chi connectivity index (χ4v) is 4.20. The first-order chi connectivity index (χ1) is 13.1. The van der Waals surface area contributed by atoms with Crippen LogP contribution in [0.25, 0.3) is 0 Å². The molecular weight excluding hydrogens is 345 g/mol. The Bertz CT molecular complexity index is 812. The maximum atomic E-state index is 13.4. The van der Waals surface area contributed by atoms with Crippen molar-refractivity contribution in [3.8, 4) is 0 Å². The number of fused-ring (bicyclic) bond motifs is 1. The van der Waals surface area contributed by atoms with Gasteiger partial charge in [0.05, 0.1) is 0 Å². The molecule has 3 heterocycles. The molecule has 1 saturated heterocycles. The van der Waals surface area contributed by atoms with Crippen molar-refractivity contribution in [3.05, 3.63) is 47.3 Å².